The van der Waals surface area contributed by atoms with Gasteiger partial charge in [0.25, 0.3) is 5.91 Å². The molecule has 0 bridgehead atoms. The Balaban J connectivity index is 1.74. The lowest BCUT2D eigenvalue weighted by molar-refractivity contribution is 0.0234. The molecule has 0 saturated heterocycles. The van der Waals surface area contributed by atoms with Crippen LogP contribution in [0, 0.1) is 18.6 Å². The lowest BCUT2D eigenvalue weighted by Crippen LogP contribution is -2.24. The minimum Gasteiger partial charge on any atom is -0.465 e. The summed E-state index contributed by atoms with van der Waals surface area (Å²) in [7, 11) is 1.17. The number of rotatable bonds is 7. The number of aryl methyl sites for hydroxylation is 1. The van der Waals surface area contributed by atoms with Crippen LogP contribution < -0.4 is 10.8 Å². The largest absolute Gasteiger partial charge is 0.465 e. The highest BCUT2D eigenvalue weighted by molar-refractivity contribution is 6.00. The summed E-state index contributed by atoms with van der Waals surface area (Å²) in [5.74, 6) is -2.35. The minimum atomic E-state index is -0.801. The summed E-state index contributed by atoms with van der Waals surface area (Å²) < 4.78 is 31.8. The van der Waals surface area contributed by atoms with E-state index in [4.69, 9.17) is 4.84 Å². The third kappa shape index (κ3) is 5.43. The van der Waals surface area contributed by atoms with Crippen molar-refractivity contribution in [1.82, 2.24) is 5.48 Å². The van der Waals surface area contributed by atoms with E-state index in [9.17, 15) is 18.4 Å². The monoisotopic (exact) mass is 426 g/mol. The molecule has 1 amide bonds. The van der Waals surface area contributed by atoms with Gasteiger partial charge in [-0.3, -0.25) is 9.63 Å². The van der Waals surface area contributed by atoms with Gasteiger partial charge in [0, 0.05) is 5.69 Å². The van der Waals surface area contributed by atoms with Crippen LogP contribution in [0.4, 0.5) is 20.2 Å². The van der Waals surface area contributed by atoms with Gasteiger partial charge >= 0.3 is 5.97 Å². The molecule has 0 aliphatic rings. The number of amides is 1. The molecule has 3 aromatic rings. The van der Waals surface area contributed by atoms with Gasteiger partial charge in [0.05, 0.1) is 30.5 Å². The summed E-state index contributed by atoms with van der Waals surface area (Å²) in [5.41, 5.74) is 4.16. The number of para-hydroxylation sites is 1. The quantitative estimate of drug-likeness (QED) is 0.424. The molecule has 0 saturated carbocycles. The van der Waals surface area contributed by atoms with E-state index in [2.05, 4.69) is 15.5 Å². The summed E-state index contributed by atoms with van der Waals surface area (Å²) in [6.07, 6.45) is 0. The average Bonchev–Trinajstić information content (AvgIpc) is 2.77. The van der Waals surface area contributed by atoms with Crippen LogP contribution in [-0.2, 0) is 16.2 Å². The van der Waals surface area contributed by atoms with Crippen LogP contribution in [0.1, 0.15) is 31.8 Å². The SMILES string of the molecule is COC(=O)c1cc(Nc2ccccc2C(=O)NOCc2ccc(F)cc2)cc(C)c1F. The molecule has 8 heteroatoms. The van der Waals surface area contributed by atoms with E-state index in [1.807, 2.05) is 0 Å². The first-order valence-electron chi connectivity index (χ1n) is 9.30. The van der Waals surface area contributed by atoms with Crippen molar-refractivity contribution in [2.45, 2.75) is 13.5 Å². The van der Waals surface area contributed by atoms with Crippen LogP contribution in [0.25, 0.3) is 0 Å². The third-order valence-corrected chi connectivity index (χ3v) is 4.43. The van der Waals surface area contributed by atoms with Gasteiger partial charge in [-0.15, -0.1) is 0 Å². The molecule has 0 aromatic heterocycles. The zero-order chi connectivity index (χ0) is 22.4. The molecule has 0 fully saturated rings. The number of halogens is 2. The maximum atomic E-state index is 14.2. The van der Waals surface area contributed by atoms with Gasteiger partial charge in [-0.25, -0.2) is 19.1 Å². The summed E-state index contributed by atoms with van der Waals surface area (Å²) >= 11 is 0. The van der Waals surface area contributed by atoms with Crippen molar-refractivity contribution >= 4 is 23.3 Å². The molecule has 2 N–H and O–H groups in total. The normalized spacial score (nSPS) is 10.5. The van der Waals surface area contributed by atoms with E-state index >= 15 is 0 Å². The van der Waals surface area contributed by atoms with E-state index in [0.29, 0.717) is 16.9 Å². The lowest BCUT2D eigenvalue weighted by Gasteiger charge is -2.14. The maximum Gasteiger partial charge on any atom is 0.340 e. The highest BCUT2D eigenvalue weighted by atomic mass is 19.1. The number of carbonyl (C=O) groups is 2. The van der Waals surface area contributed by atoms with Gasteiger partial charge in [0.15, 0.2) is 0 Å². The molecule has 0 heterocycles. The fourth-order valence-corrected chi connectivity index (χ4v) is 2.87. The third-order valence-electron chi connectivity index (χ3n) is 4.43. The van der Waals surface area contributed by atoms with E-state index in [1.54, 1.807) is 36.4 Å². The standard InChI is InChI=1S/C23H20F2N2O4/c1-14-11-17(12-19(21(14)25)23(29)30-2)26-20-6-4-3-5-18(20)22(28)27-31-13-15-7-9-16(24)10-8-15/h3-12,26H,13H2,1-2H3,(H,27,28). The molecule has 0 spiro atoms. The molecule has 3 aromatic carbocycles. The van der Waals surface area contributed by atoms with Crippen LogP contribution >= 0.6 is 0 Å². The number of carbonyl (C=O) groups excluding carboxylic acids is 2. The van der Waals surface area contributed by atoms with Crippen LogP contribution in [-0.4, -0.2) is 19.0 Å². The van der Waals surface area contributed by atoms with Crippen LogP contribution in [0.2, 0.25) is 0 Å². The summed E-state index contributed by atoms with van der Waals surface area (Å²) in [4.78, 5) is 29.6. The molecular formula is C23H20F2N2O4. The fraction of sp³-hybridized carbons (Fsp3) is 0.130. The Morgan fingerprint density at radius 2 is 1.68 bits per heavy atom. The zero-order valence-electron chi connectivity index (χ0n) is 16.9. The van der Waals surface area contributed by atoms with E-state index in [-0.39, 0.29) is 29.1 Å². The topological polar surface area (TPSA) is 76.7 Å². The van der Waals surface area contributed by atoms with Gasteiger partial charge in [0.1, 0.15) is 11.6 Å². The molecule has 31 heavy (non-hydrogen) atoms. The van der Waals surface area contributed by atoms with Gasteiger partial charge in [-0.2, -0.15) is 0 Å². The molecule has 0 aliphatic carbocycles. The highest BCUT2D eigenvalue weighted by Gasteiger charge is 2.17. The van der Waals surface area contributed by atoms with Crippen molar-refractivity contribution in [3.05, 3.63) is 94.6 Å². The van der Waals surface area contributed by atoms with Gasteiger partial charge in [0.2, 0.25) is 0 Å². The summed E-state index contributed by atoms with van der Waals surface area (Å²) in [6, 6.07) is 15.2. The second-order valence-electron chi connectivity index (χ2n) is 6.66. The summed E-state index contributed by atoms with van der Waals surface area (Å²) in [5, 5.41) is 3.02. The first-order chi connectivity index (χ1) is 14.9. The van der Waals surface area contributed by atoms with Gasteiger partial charge in [-0.05, 0) is 54.4 Å². The first-order valence-corrected chi connectivity index (χ1v) is 9.30. The summed E-state index contributed by atoms with van der Waals surface area (Å²) in [6.45, 7) is 1.58. The Labute approximate surface area is 177 Å². The number of hydrogen-bond acceptors (Lipinski definition) is 5. The Bertz CT molecular complexity index is 1100. The average molecular weight is 426 g/mol. The van der Waals surface area contributed by atoms with Crippen molar-refractivity contribution < 1.29 is 27.9 Å². The number of nitrogens with one attached hydrogen (secondary N) is 2. The molecule has 0 unspecified atom stereocenters. The number of esters is 1. The predicted octanol–water partition coefficient (Wildman–Crippen LogP) is 4.67. The van der Waals surface area contributed by atoms with Crippen LogP contribution in [0.3, 0.4) is 0 Å². The molecule has 6 nitrogen and oxygen atoms in total. The van der Waals surface area contributed by atoms with Gasteiger partial charge in [-0.1, -0.05) is 24.3 Å². The number of benzene rings is 3. The van der Waals surface area contributed by atoms with Crippen molar-refractivity contribution in [2.24, 2.45) is 0 Å². The first kappa shape index (κ1) is 21.9. The van der Waals surface area contributed by atoms with Crippen molar-refractivity contribution in [3.8, 4) is 0 Å². The number of ether oxygens (including phenoxy) is 1. The molecule has 160 valence electrons. The zero-order valence-corrected chi connectivity index (χ0v) is 16.9. The smallest absolute Gasteiger partial charge is 0.340 e. The van der Waals surface area contributed by atoms with E-state index in [1.165, 1.54) is 38.3 Å². The van der Waals surface area contributed by atoms with E-state index < -0.39 is 17.7 Å². The Morgan fingerprint density at radius 1 is 0.968 bits per heavy atom. The van der Waals surface area contributed by atoms with Crippen molar-refractivity contribution in [2.75, 3.05) is 12.4 Å². The maximum absolute atomic E-state index is 14.2. The number of anilines is 2. The lowest BCUT2D eigenvalue weighted by atomic mass is 10.1. The molecule has 0 atom stereocenters. The fourth-order valence-electron chi connectivity index (χ4n) is 2.87. The molecule has 3 rings (SSSR count). The van der Waals surface area contributed by atoms with Gasteiger partial charge < -0.3 is 10.1 Å². The van der Waals surface area contributed by atoms with Crippen LogP contribution in [0.15, 0.2) is 60.7 Å². The highest BCUT2D eigenvalue weighted by Crippen LogP contribution is 2.25. The van der Waals surface area contributed by atoms with Crippen molar-refractivity contribution in [3.63, 3.8) is 0 Å². The second-order valence-corrected chi connectivity index (χ2v) is 6.66. The van der Waals surface area contributed by atoms with Crippen LogP contribution in [0.5, 0.6) is 0 Å². The number of hydroxylamine groups is 1. The Hall–Kier alpha value is -3.78. The second kappa shape index (κ2) is 9.82. The van der Waals surface area contributed by atoms with E-state index in [0.717, 1.165) is 0 Å². The Morgan fingerprint density at radius 3 is 2.39 bits per heavy atom. The van der Waals surface area contributed by atoms with Crippen molar-refractivity contribution in [1.29, 1.82) is 0 Å². The predicted molar refractivity (Wildman–Crippen MR) is 111 cm³/mol. The number of methoxy groups -OCH3 is 1. The minimum absolute atomic E-state index is 0.0568. The molecular weight excluding hydrogens is 406 g/mol. The Kier molecular flexibility index (Phi) is 6.94. The number of hydrogen-bond donors (Lipinski definition) is 2. The molecule has 0 radical (unpaired) electrons. The molecule has 0 aliphatic heterocycles.